The maximum atomic E-state index is 14.2. The van der Waals surface area contributed by atoms with Crippen molar-refractivity contribution in [2.75, 3.05) is 5.32 Å². The normalized spacial score (nSPS) is 15.8. The van der Waals surface area contributed by atoms with Crippen LogP contribution in [0.5, 0.6) is 0 Å². The molecule has 4 nitrogen and oxygen atoms in total. The van der Waals surface area contributed by atoms with Crippen molar-refractivity contribution < 1.29 is 8.78 Å². The zero-order valence-electron chi connectivity index (χ0n) is 13.1. The minimum absolute atomic E-state index is 0.140. The average Bonchev–Trinajstić information content (AvgIpc) is 3.03. The zero-order chi connectivity index (χ0) is 16.5. The number of anilines is 1. The summed E-state index contributed by atoms with van der Waals surface area (Å²) in [7, 11) is 0. The molecule has 124 valence electrons. The van der Waals surface area contributed by atoms with Gasteiger partial charge in [0.05, 0.1) is 10.9 Å². The second-order valence-corrected chi connectivity index (χ2v) is 6.23. The molecule has 0 unspecified atom stereocenters. The van der Waals surface area contributed by atoms with Crippen molar-refractivity contribution in [1.29, 1.82) is 0 Å². The molecular weight excluding hydrogens is 310 g/mol. The Hall–Kier alpha value is -2.50. The Morgan fingerprint density at radius 1 is 1.08 bits per heavy atom. The van der Waals surface area contributed by atoms with Gasteiger partial charge in [0.25, 0.3) is 0 Å². The Balaban J connectivity index is 1.81. The number of pyridine rings is 1. The molecule has 0 aliphatic heterocycles. The second-order valence-electron chi connectivity index (χ2n) is 6.23. The first-order valence-corrected chi connectivity index (χ1v) is 8.28. The van der Waals surface area contributed by atoms with Gasteiger partial charge in [0.2, 0.25) is 0 Å². The van der Waals surface area contributed by atoms with Crippen molar-refractivity contribution in [2.24, 2.45) is 0 Å². The van der Waals surface area contributed by atoms with E-state index in [-0.39, 0.29) is 5.56 Å². The molecule has 1 aromatic carbocycles. The second kappa shape index (κ2) is 6.19. The highest BCUT2D eigenvalue weighted by molar-refractivity contribution is 6.00. The lowest BCUT2D eigenvalue weighted by Gasteiger charge is -2.23. The van der Waals surface area contributed by atoms with Crippen molar-refractivity contribution in [2.45, 2.75) is 38.1 Å². The molecule has 1 saturated carbocycles. The van der Waals surface area contributed by atoms with Crippen LogP contribution in [0.4, 0.5) is 14.6 Å². The highest BCUT2D eigenvalue weighted by Crippen LogP contribution is 2.34. The highest BCUT2D eigenvalue weighted by Gasteiger charge is 2.20. The lowest BCUT2D eigenvalue weighted by atomic mass is 9.95. The summed E-state index contributed by atoms with van der Waals surface area (Å²) in [5.41, 5.74) is 1.27. The molecule has 0 atom stereocenters. The molecule has 24 heavy (non-hydrogen) atoms. The molecule has 0 saturated heterocycles. The average molecular weight is 328 g/mol. The van der Waals surface area contributed by atoms with Gasteiger partial charge < -0.3 is 5.32 Å². The molecule has 0 radical (unpaired) electrons. The van der Waals surface area contributed by atoms with E-state index in [0.29, 0.717) is 22.9 Å². The molecule has 1 fully saturated rings. The highest BCUT2D eigenvalue weighted by atomic mass is 19.2. The van der Waals surface area contributed by atoms with Crippen LogP contribution >= 0.6 is 0 Å². The van der Waals surface area contributed by atoms with Crippen LogP contribution in [0.25, 0.3) is 22.2 Å². The molecule has 6 heteroatoms. The fraction of sp³-hybridized carbons (Fsp3) is 0.333. The van der Waals surface area contributed by atoms with E-state index in [4.69, 9.17) is 0 Å². The van der Waals surface area contributed by atoms with Gasteiger partial charge in [0.15, 0.2) is 11.6 Å². The number of fused-ring (bicyclic) bond motifs is 1. The monoisotopic (exact) mass is 328 g/mol. The number of aromatic nitrogens is 3. The first-order chi connectivity index (χ1) is 11.7. The molecule has 0 spiro atoms. The topological polar surface area (TPSA) is 53.6 Å². The van der Waals surface area contributed by atoms with E-state index in [1.54, 1.807) is 12.3 Å². The summed E-state index contributed by atoms with van der Waals surface area (Å²) < 4.78 is 27.8. The van der Waals surface area contributed by atoms with Crippen molar-refractivity contribution in [1.82, 2.24) is 15.2 Å². The number of rotatable bonds is 3. The fourth-order valence-electron chi connectivity index (χ4n) is 3.40. The van der Waals surface area contributed by atoms with Crippen LogP contribution in [0.15, 0.2) is 30.5 Å². The maximum absolute atomic E-state index is 14.2. The third-order valence-corrected chi connectivity index (χ3v) is 4.63. The summed E-state index contributed by atoms with van der Waals surface area (Å²) in [5, 5.41) is 11.3. The Bertz CT molecular complexity index is 869. The largest absolute Gasteiger partial charge is 0.367 e. The lowest BCUT2D eigenvalue weighted by molar-refractivity contribution is 0.462. The van der Waals surface area contributed by atoms with Crippen molar-refractivity contribution in [3.05, 3.63) is 42.1 Å². The van der Waals surface area contributed by atoms with Crippen LogP contribution in [-0.2, 0) is 0 Å². The number of benzene rings is 1. The molecule has 1 aliphatic rings. The van der Waals surface area contributed by atoms with Gasteiger partial charge in [-0.2, -0.15) is 5.10 Å². The molecule has 1 aliphatic carbocycles. The number of halogens is 2. The van der Waals surface area contributed by atoms with Gasteiger partial charge in [0.1, 0.15) is 11.5 Å². The maximum Gasteiger partial charge on any atom is 0.168 e. The van der Waals surface area contributed by atoms with Crippen LogP contribution in [0.3, 0.4) is 0 Å². The van der Waals surface area contributed by atoms with Gasteiger partial charge in [-0.1, -0.05) is 25.3 Å². The standard InChI is InChI=1S/C18H18F2N4/c19-13-8-4-7-12(16(13)20)17-15-14(23-24-17)9-10-21-18(15)22-11-5-2-1-3-6-11/h4,7-11H,1-3,5-6H2,(H,21,22)(H,23,24). The SMILES string of the molecule is Fc1cccc(-c2n[nH]c3ccnc(NC4CCCCC4)c23)c1F. The lowest BCUT2D eigenvalue weighted by Crippen LogP contribution is -2.22. The van der Waals surface area contributed by atoms with Gasteiger partial charge >= 0.3 is 0 Å². The Morgan fingerprint density at radius 2 is 1.92 bits per heavy atom. The molecular formula is C18H18F2N4. The number of hydrogen-bond donors (Lipinski definition) is 2. The Kier molecular flexibility index (Phi) is 3.88. The van der Waals surface area contributed by atoms with Gasteiger partial charge in [0, 0.05) is 17.8 Å². The van der Waals surface area contributed by atoms with Crippen molar-refractivity contribution in [3.8, 4) is 11.3 Å². The van der Waals surface area contributed by atoms with Crippen molar-refractivity contribution in [3.63, 3.8) is 0 Å². The predicted octanol–water partition coefficient (Wildman–Crippen LogP) is 4.65. The summed E-state index contributed by atoms with van der Waals surface area (Å²) >= 11 is 0. The van der Waals surface area contributed by atoms with E-state index in [0.717, 1.165) is 24.4 Å². The summed E-state index contributed by atoms with van der Waals surface area (Å²) in [6.45, 7) is 0. The van der Waals surface area contributed by atoms with E-state index < -0.39 is 11.6 Å². The minimum Gasteiger partial charge on any atom is -0.367 e. The molecule has 2 heterocycles. The van der Waals surface area contributed by atoms with Gasteiger partial charge in [-0.25, -0.2) is 13.8 Å². The fourth-order valence-corrected chi connectivity index (χ4v) is 3.40. The Labute approximate surface area is 138 Å². The van der Waals surface area contributed by atoms with E-state index in [1.807, 2.05) is 0 Å². The number of nitrogens with one attached hydrogen (secondary N) is 2. The third kappa shape index (κ3) is 2.62. The van der Waals surface area contributed by atoms with E-state index in [9.17, 15) is 8.78 Å². The molecule has 0 amide bonds. The van der Waals surface area contributed by atoms with E-state index >= 15 is 0 Å². The van der Waals surface area contributed by atoms with Crippen LogP contribution in [0.1, 0.15) is 32.1 Å². The number of aromatic amines is 1. The zero-order valence-corrected chi connectivity index (χ0v) is 13.1. The van der Waals surface area contributed by atoms with E-state index in [2.05, 4.69) is 20.5 Å². The summed E-state index contributed by atoms with van der Waals surface area (Å²) in [6.07, 6.45) is 7.55. The van der Waals surface area contributed by atoms with Crippen molar-refractivity contribution >= 4 is 16.7 Å². The minimum atomic E-state index is -0.890. The quantitative estimate of drug-likeness (QED) is 0.736. The molecule has 3 aromatic rings. The first kappa shape index (κ1) is 15.1. The van der Waals surface area contributed by atoms with Crippen LogP contribution in [-0.4, -0.2) is 21.2 Å². The van der Waals surface area contributed by atoms with Gasteiger partial charge in [-0.3, -0.25) is 5.10 Å². The molecule has 2 aromatic heterocycles. The Morgan fingerprint density at radius 3 is 2.75 bits per heavy atom. The molecule has 0 bridgehead atoms. The number of H-pyrrole nitrogens is 1. The van der Waals surface area contributed by atoms with Crippen LogP contribution in [0, 0.1) is 11.6 Å². The third-order valence-electron chi connectivity index (χ3n) is 4.63. The van der Waals surface area contributed by atoms with Gasteiger partial charge in [-0.05, 0) is 31.0 Å². The summed E-state index contributed by atoms with van der Waals surface area (Å²) in [6, 6.07) is 6.27. The molecule has 2 N–H and O–H groups in total. The number of nitrogens with zero attached hydrogens (tertiary/aromatic N) is 2. The van der Waals surface area contributed by atoms with Crippen LogP contribution in [0.2, 0.25) is 0 Å². The number of hydrogen-bond acceptors (Lipinski definition) is 3. The summed E-state index contributed by atoms with van der Waals surface area (Å²) in [5.74, 6) is -1.10. The van der Waals surface area contributed by atoms with Gasteiger partial charge in [-0.15, -0.1) is 0 Å². The summed E-state index contributed by atoms with van der Waals surface area (Å²) in [4.78, 5) is 4.42. The molecule has 4 rings (SSSR count). The predicted molar refractivity (Wildman–Crippen MR) is 89.7 cm³/mol. The van der Waals surface area contributed by atoms with E-state index in [1.165, 1.54) is 31.4 Å². The first-order valence-electron chi connectivity index (χ1n) is 8.28. The van der Waals surface area contributed by atoms with Crippen LogP contribution < -0.4 is 5.32 Å². The smallest absolute Gasteiger partial charge is 0.168 e.